The largest absolute Gasteiger partial charge is 0.383 e. The van der Waals surface area contributed by atoms with Gasteiger partial charge in [-0.3, -0.25) is 0 Å². The molecule has 0 radical (unpaired) electrons. The SMILES string of the molecule is CC(C)(C)Sc1cc(N)nc(N)n1. The van der Waals surface area contributed by atoms with Crippen LogP contribution in [0.2, 0.25) is 0 Å². The summed E-state index contributed by atoms with van der Waals surface area (Å²) >= 11 is 1.62. The first-order valence-corrected chi connectivity index (χ1v) is 4.77. The second kappa shape index (κ2) is 3.41. The van der Waals surface area contributed by atoms with Crippen molar-refractivity contribution in [3.05, 3.63) is 6.07 Å². The second-order valence-electron chi connectivity index (χ2n) is 3.70. The van der Waals surface area contributed by atoms with E-state index in [-0.39, 0.29) is 10.7 Å². The van der Waals surface area contributed by atoms with Crippen LogP contribution in [0.1, 0.15) is 20.8 Å². The number of anilines is 2. The van der Waals surface area contributed by atoms with Gasteiger partial charge >= 0.3 is 0 Å². The van der Waals surface area contributed by atoms with Gasteiger partial charge < -0.3 is 11.5 Å². The highest BCUT2D eigenvalue weighted by molar-refractivity contribution is 8.00. The van der Waals surface area contributed by atoms with Crippen LogP contribution in [-0.4, -0.2) is 14.7 Å². The summed E-state index contributed by atoms with van der Waals surface area (Å²) in [5.41, 5.74) is 11.0. The molecule has 5 heteroatoms. The Bertz CT molecular complexity index is 285. The van der Waals surface area contributed by atoms with Crippen molar-refractivity contribution in [3.63, 3.8) is 0 Å². The first-order chi connectivity index (χ1) is 5.87. The van der Waals surface area contributed by atoms with Crippen LogP contribution in [0.25, 0.3) is 0 Å². The summed E-state index contributed by atoms with van der Waals surface area (Å²) in [6.45, 7) is 6.31. The maximum Gasteiger partial charge on any atom is 0.223 e. The Morgan fingerprint density at radius 1 is 1.23 bits per heavy atom. The van der Waals surface area contributed by atoms with E-state index in [1.54, 1.807) is 17.8 Å². The van der Waals surface area contributed by atoms with Crippen LogP contribution in [0.5, 0.6) is 0 Å². The highest BCUT2D eigenvalue weighted by atomic mass is 32.2. The molecule has 13 heavy (non-hydrogen) atoms. The third kappa shape index (κ3) is 3.50. The number of hydrogen-bond acceptors (Lipinski definition) is 5. The molecule has 0 aromatic carbocycles. The summed E-state index contributed by atoms with van der Waals surface area (Å²) in [6.07, 6.45) is 0. The van der Waals surface area contributed by atoms with E-state index in [4.69, 9.17) is 11.5 Å². The molecule has 1 rings (SSSR count). The molecular weight excluding hydrogens is 184 g/mol. The van der Waals surface area contributed by atoms with Gasteiger partial charge in [0.1, 0.15) is 10.8 Å². The number of rotatable bonds is 1. The topological polar surface area (TPSA) is 77.8 Å². The minimum absolute atomic E-state index is 0.104. The summed E-state index contributed by atoms with van der Waals surface area (Å²) in [7, 11) is 0. The van der Waals surface area contributed by atoms with Crippen LogP contribution in [0.3, 0.4) is 0 Å². The molecule has 4 nitrogen and oxygen atoms in total. The van der Waals surface area contributed by atoms with Gasteiger partial charge in [-0.15, -0.1) is 11.8 Å². The quantitative estimate of drug-likeness (QED) is 0.528. The monoisotopic (exact) mass is 198 g/mol. The fourth-order valence-electron chi connectivity index (χ4n) is 0.827. The summed E-state index contributed by atoms with van der Waals surface area (Å²) in [6, 6.07) is 1.73. The number of nitrogen functional groups attached to an aromatic ring is 2. The van der Waals surface area contributed by atoms with E-state index in [0.29, 0.717) is 5.82 Å². The smallest absolute Gasteiger partial charge is 0.223 e. The predicted molar refractivity (Wildman–Crippen MR) is 56.5 cm³/mol. The first-order valence-electron chi connectivity index (χ1n) is 3.96. The van der Waals surface area contributed by atoms with E-state index < -0.39 is 0 Å². The van der Waals surface area contributed by atoms with E-state index in [9.17, 15) is 0 Å². The molecular formula is C8H14N4S. The van der Waals surface area contributed by atoms with Gasteiger partial charge in [-0.05, 0) is 0 Å². The van der Waals surface area contributed by atoms with Crippen molar-refractivity contribution in [1.82, 2.24) is 9.97 Å². The molecule has 0 amide bonds. The van der Waals surface area contributed by atoms with Crippen LogP contribution >= 0.6 is 11.8 Å². The molecule has 0 bridgehead atoms. The van der Waals surface area contributed by atoms with E-state index in [1.165, 1.54) is 0 Å². The Morgan fingerprint density at radius 2 is 1.85 bits per heavy atom. The zero-order valence-electron chi connectivity index (χ0n) is 8.03. The van der Waals surface area contributed by atoms with Gasteiger partial charge in [0.15, 0.2) is 0 Å². The zero-order valence-corrected chi connectivity index (χ0v) is 8.85. The molecule has 0 saturated carbocycles. The molecule has 1 aromatic rings. The predicted octanol–water partition coefficient (Wildman–Crippen LogP) is 1.53. The van der Waals surface area contributed by atoms with E-state index in [0.717, 1.165) is 5.03 Å². The number of nitrogens with two attached hydrogens (primary N) is 2. The van der Waals surface area contributed by atoms with Crippen molar-refractivity contribution in [3.8, 4) is 0 Å². The normalized spacial score (nSPS) is 11.6. The lowest BCUT2D eigenvalue weighted by Gasteiger charge is -2.16. The first kappa shape index (κ1) is 10.1. The van der Waals surface area contributed by atoms with Gasteiger partial charge in [-0.1, -0.05) is 20.8 Å². The van der Waals surface area contributed by atoms with E-state index in [1.807, 2.05) is 0 Å². The van der Waals surface area contributed by atoms with Crippen LogP contribution < -0.4 is 11.5 Å². The van der Waals surface area contributed by atoms with Crippen LogP contribution in [0, 0.1) is 0 Å². The molecule has 0 aliphatic heterocycles. The number of thioether (sulfide) groups is 1. The molecule has 0 aliphatic carbocycles. The maximum absolute atomic E-state index is 5.53. The molecule has 4 N–H and O–H groups in total. The van der Waals surface area contributed by atoms with Crippen molar-refractivity contribution in [2.75, 3.05) is 11.5 Å². The van der Waals surface area contributed by atoms with Gasteiger partial charge in [0.05, 0.1) is 0 Å². The third-order valence-electron chi connectivity index (χ3n) is 1.15. The van der Waals surface area contributed by atoms with Gasteiger partial charge in [-0.2, -0.15) is 4.98 Å². The lowest BCUT2D eigenvalue weighted by molar-refractivity contribution is 0.799. The van der Waals surface area contributed by atoms with E-state index in [2.05, 4.69) is 30.7 Å². The van der Waals surface area contributed by atoms with Crippen LogP contribution in [0.4, 0.5) is 11.8 Å². The van der Waals surface area contributed by atoms with Crippen molar-refractivity contribution < 1.29 is 0 Å². The fourth-order valence-corrected chi connectivity index (χ4v) is 1.77. The van der Waals surface area contributed by atoms with Gasteiger partial charge in [-0.25, -0.2) is 4.98 Å². The summed E-state index contributed by atoms with van der Waals surface area (Å²) < 4.78 is 0.104. The summed E-state index contributed by atoms with van der Waals surface area (Å²) in [5, 5.41) is 0.817. The summed E-state index contributed by atoms with van der Waals surface area (Å²) in [4.78, 5) is 7.86. The fraction of sp³-hybridized carbons (Fsp3) is 0.500. The number of hydrogen-bond donors (Lipinski definition) is 2. The number of aromatic nitrogens is 2. The van der Waals surface area contributed by atoms with Crippen molar-refractivity contribution in [1.29, 1.82) is 0 Å². The Morgan fingerprint density at radius 3 is 2.31 bits per heavy atom. The second-order valence-corrected chi connectivity index (χ2v) is 5.55. The van der Waals surface area contributed by atoms with Crippen molar-refractivity contribution in [2.45, 2.75) is 30.5 Å². The molecule has 1 heterocycles. The van der Waals surface area contributed by atoms with Crippen LogP contribution in [0.15, 0.2) is 11.1 Å². The molecule has 0 unspecified atom stereocenters. The van der Waals surface area contributed by atoms with Crippen LogP contribution in [-0.2, 0) is 0 Å². The minimum Gasteiger partial charge on any atom is -0.383 e. The average molecular weight is 198 g/mol. The maximum atomic E-state index is 5.53. The Kier molecular flexibility index (Phi) is 2.66. The Hall–Kier alpha value is -0.970. The zero-order chi connectivity index (χ0) is 10.1. The summed E-state index contributed by atoms with van der Waals surface area (Å²) in [5.74, 6) is 0.644. The van der Waals surface area contributed by atoms with Gasteiger partial charge in [0.2, 0.25) is 5.95 Å². The number of nitrogens with zero attached hydrogens (tertiary/aromatic N) is 2. The molecule has 0 aliphatic rings. The molecule has 0 atom stereocenters. The van der Waals surface area contributed by atoms with Gasteiger partial charge in [0.25, 0.3) is 0 Å². The van der Waals surface area contributed by atoms with Crippen molar-refractivity contribution in [2.24, 2.45) is 0 Å². The Labute approximate surface area is 82.1 Å². The molecule has 0 spiro atoms. The lowest BCUT2D eigenvalue weighted by Crippen LogP contribution is -2.08. The average Bonchev–Trinajstić information content (AvgIpc) is 1.78. The van der Waals surface area contributed by atoms with E-state index >= 15 is 0 Å². The van der Waals surface area contributed by atoms with Crippen molar-refractivity contribution >= 4 is 23.5 Å². The Balaban J connectivity index is 2.90. The minimum atomic E-state index is 0.104. The standard InChI is InChI=1S/C8H14N4S/c1-8(2,3)13-6-4-5(9)11-7(10)12-6/h4H,1-3H3,(H4,9,10,11,12). The van der Waals surface area contributed by atoms with Gasteiger partial charge in [0, 0.05) is 10.8 Å². The highest BCUT2D eigenvalue weighted by Gasteiger charge is 2.13. The molecule has 0 fully saturated rings. The molecule has 0 saturated heterocycles. The lowest BCUT2D eigenvalue weighted by atomic mass is 10.3. The highest BCUT2D eigenvalue weighted by Crippen LogP contribution is 2.31. The molecule has 1 aromatic heterocycles. The third-order valence-corrected chi connectivity index (χ3v) is 2.18. The molecule has 72 valence electrons.